The third-order valence-electron chi connectivity index (χ3n) is 8.12. The van der Waals surface area contributed by atoms with E-state index in [4.69, 9.17) is 5.73 Å². The highest BCUT2D eigenvalue weighted by molar-refractivity contribution is 7.99. The molecule has 0 atom stereocenters. The van der Waals surface area contributed by atoms with Crippen LogP contribution in [0.25, 0.3) is 0 Å². The first-order valence-corrected chi connectivity index (χ1v) is 15.9. The van der Waals surface area contributed by atoms with Crippen molar-refractivity contribution in [3.05, 3.63) is 58.1 Å². The van der Waals surface area contributed by atoms with Crippen molar-refractivity contribution < 1.29 is 19.8 Å². The lowest BCUT2D eigenvalue weighted by molar-refractivity contribution is 0.0683. The molecule has 0 fully saturated rings. The standard InChI is InChI=1S/C34H51NO4S/c1-7-9-12-20-33(3,4)24-16-17-26(31(36)37)29(23-24)40-30-25(15-11-14-22-35)28(19-18-27(30)32(38)39)34(5,6)21-13-10-8-2/h16-19,23H,7-15,20-22,35H2,1-6H3,(H,36,37)(H,38,39). The second-order valence-corrected chi connectivity index (χ2v) is 13.4. The van der Waals surface area contributed by atoms with Crippen LogP contribution in [-0.2, 0) is 17.3 Å². The number of aromatic carboxylic acids is 2. The first-order valence-electron chi connectivity index (χ1n) is 15.0. The molecule has 0 bridgehead atoms. The molecule has 2 aromatic rings. The van der Waals surface area contributed by atoms with Gasteiger partial charge in [0.05, 0.1) is 11.1 Å². The maximum Gasteiger partial charge on any atom is 0.336 e. The van der Waals surface area contributed by atoms with Crippen LogP contribution in [0.1, 0.15) is 143 Å². The summed E-state index contributed by atoms with van der Waals surface area (Å²) in [5, 5.41) is 20.3. The Morgan fingerprint density at radius 2 is 1.35 bits per heavy atom. The highest BCUT2D eigenvalue weighted by Crippen LogP contribution is 2.43. The van der Waals surface area contributed by atoms with Crippen molar-refractivity contribution in [1.29, 1.82) is 0 Å². The van der Waals surface area contributed by atoms with E-state index < -0.39 is 11.9 Å². The molecular formula is C34H51NO4S. The summed E-state index contributed by atoms with van der Waals surface area (Å²) in [6.07, 6.45) is 11.2. The fourth-order valence-electron chi connectivity index (χ4n) is 5.47. The van der Waals surface area contributed by atoms with Crippen LogP contribution in [0.5, 0.6) is 0 Å². The van der Waals surface area contributed by atoms with Crippen LogP contribution >= 0.6 is 11.8 Å². The normalized spacial score (nSPS) is 12.1. The van der Waals surface area contributed by atoms with Crippen LogP contribution in [0, 0.1) is 0 Å². The third-order valence-corrected chi connectivity index (χ3v) is 9.35. The van der Waals surface area contributed by atoms with Crippen molar-refractivity contribution in [2.24, 2.45) is 5.73 Å². The van der Waals surface area contributed by atoms with Crippen LogP contribution in [0.15, 0.2) is 40.1 Å². The van der Waals surface area contributed by atoms with Crippen LogP contribution < -0.4 is 5.73 Å². The molecule has 40 heavy (non-hydrogen) atoms. The van der Waals surface area contributed by atoms with Gasteiger partial charge in [0.1, 0.15) is 0 Å². The van der Waals surface area contributed by atoms with Crippen molar-refractivity contribution in [3.8, 4) is 0 Å². The summed E-state index contributed by atoms with van der Waals surface area (Å²) in [5.74, 6) is -2.00. The lowest BCUT2D eigenvalue weighted by Gasteiger charge is -2.30. The predicted octanol–water partition coefficient (Wildman–Crippen LogP) is 9.23. The first kappa shape index (κ1) is 33.9. The largest absolute Gasteiger partial charge is 0.478 e. The van der Waals surface area contributed by atoms with Gasteiger partial charge in [-0.05, 0) is 84.4 Å². The molecule has 0 aliphatic rings. The molecule has 0 aromatic heterocycles. The van der Waals surface area contributed by atoms with Crippen molar-refractivity contribution >= 4 is 23.7 Å². The molecule has 2 aromatic carbocycles. The van der Waals surface area contributed by atoms with Crippen molar-refractivity contribution in [1.82, 2.24) is 0 Å². The molecule has 5 nitrogen and oxygen atoms in total. The number of hydrogen-bond acceptors (Lipinski definition) is 4. The third kappa shape index (κ3) is 9.10. The van der Waals surface area contributed by atoms with Gasteiger partial charge < -0.3 is 15.9 Å². The fraction of sp³-hybridized carbons (Fsp3) is 0.588. The zero-order chi connectivity index (χ0) is 29.9. The summed E-state index contributed by atoms with van der Waals surface area (Å²) in [4.78, 5) is 26.1. The minimum absolute atomic E-state index is 0.121. The summed E-state index contributed by atoms with van der Waals surface area (Å²) in [5.41, 5.74) is 9.24. The Morgan fingerprint density at radius 1 is 0.775 bits per heavy atom. The molecule has 0 saturated carbocycles. The maximum atomic E-state index is 12.5. The molecule has 222 valence electrons. The first-order chi connectivity index (χ1) is 18.9. The summed E-state index contributed by atoms with van der Waals surface area (Å²) < 4.78 is 0. The summed E-state index contributed by atoms with van der Waals surface area (Å²) in [7, 11) is 0. The van der Waals surface area contributed by atoms with Crippen LogP contribution in [0.3, 0.4) is 0 Å². The Morgan fingerprint density at radius 3 is 1.90 bits per heavy atom. The lowest BCUT2D eigenvalue weighted by Crippen LogP contribution is -2.21. The average Bonchev–Trinajstić information content (AvgIpc) is 2.89. The quantitative estimate of drug-likeness (QED) is 0.155. The van der Waals surface area contributed by atoms with Crippen LogP contribution in [-0.4, -0.2) is 28.7 Å². The molecule has 0 heterocycles. The van der Waals surface area contributed by atoms with E-state index in [1.807, 2.05) is 18.2 Å². The second-order valence-electron chi connectivity index (χ2n) is 12.3. The highest BCUT2D eigenvalue weighted by Gasteiger charge is 2.29. The highest BCUT2D eigenvalue weighted by atomic mass is 32.2. The van der Waals surface area contributed by atoms with Gasteiger partial charge in [-0.1, -0.05) is 104 Å². The zero-order valence-electron chi connectivity index (χ0n) is 25.6. The SMILES string of the molecule is CCCCCC(C)(C)c1ccc(C(=O)O)c(Sc2c(C(=O)O)ccc(C(C)(C)CCCCC)c2CCCCN)c1. The van der Waals surface area contributed by atoms with Crippen molar-refractivity contribution in [2.45, 2.75) is 133 Å². The van der Waals surface area contributed by atoms with Crippen LogP contribution in [0.4, 0.5) is 0 Å². The Hall–Kier alpha value is -2.31. The number of carboxylic acid groups (broad SMARTS) is 2. The van der Waals surface area contributed by atoms with Gasteiger partial charge in [0.25, 0.3) is 0 Å². The summed E-state index contributed by atoms with van der Waals surface area (Å²) in [6, 6.07) is 9.30. The molecular weight excluding hydrogens is 518 g/mol. The average molecular weight is 570 g/mol. The van der Waals surface area contributed by atoms with Gasteiger partial charge in [-0.15, -0.1) is 0 Å². The minimum atomic E-state index is -1.00. The Balaban J connectivity index is 2.72. The van der Waals surface area contributed by atoms with E-state index >= 15 is 0 Å². The number of carboxylic acids is 2. The fourth-order valence-corrected chi connectivity index (χ4v) is 6.74. The van der Waals surface area contributed by atoms with Gasteiger partial charge in [-0.2, -0.15) is 0 Å². The number of nitrogens with two attached hydrogens (primary N) is 1. The van der Waals surface area contributed by atoms with Crippen LogP contribution in [0.2, 0.25) is 0 Å². The second kappa shape index (κ2) is 15.6. The number of carbonyl (C=O) groups is 2. The molecule has 0 aliphatic heterocycles. The molecule has 0 amide bonds. The van der Waals surface area contributed by atoms with Gasteiger partial charge in [0.15, 0.2) is 0 Å². The number of rotatable bonds is 18. The molecule has 0 saturated heterocycles. The Bertz CT molecular complexity index is 1140. The Kier molecular flexibility index (Phi) is 13.2. The number of hydrogen-bond donors (Lipinski definition) is 3. The summed E-state index contributed by atoms with van der Waals surface area (Å²) in [6.45, 7) is 13.8. The topological polar surface area (TPSA) is 101 Å². The van der Waals surface area contributed by atoms with E-state index in [-0.39, 0.29) is 22.0 Å². The van der Waals surface area contributed by atoms with E-state index in [0.717, 1.165) is 80.9 Å². The number of unbranched alkanes of at least 4 members (excludes halogenated alkanes) is 5. The maximum absolute atomic E-state index is 12.5. The van der Waals surface area contributed by atoms with E-state index in [1.54, 1.807) is 12.1 Å². The molecule has 0 radical (unpaired) electrons. The van der Waals surface area contributed by atoms with Gasteiger partial charge in [-0.3, -0.25) is 0 Å². The van der Waals surface area contributed by atoms with E-state index in [9.17, 15) is 19.8 Å². The van der Waals surface area contributed by atoms with E-state index in [1.165, 1.54) is 11.8 Å². The monoisotopic (exact) mass is 569 g/mol. The summed E-state index contributed by atoms with van der Waals surface area (Å²) >= 11 is 1.31. The predicted molar refractivity (Wildman–Crippen MR) is 167 cm³/mol. The molecule has 2 rings (SSSR count). The smallest absolute Gasteiger partial charge is 0.336 e. The van der Waals surface area contributed by atoms with Crippen molar-refractivity contribution in [2.75, 3.05) is 6.54 Å². The molecule has 0 spiro atoms. The van der Waals surface area contributed by atoms with Gasteiger partial charge in [0, 0.05) is 9.79 Å². The van der Waals surface area contributed by atoms with Gasteiger partial charge >= 0.3 is 11.9 Å². The zero-order valence-corrected chi connectivity index (χ0v) is 26.4. The lowest BCUT2D eigenvalue weighted by atomic mass is 9.76. The van der Waals surface area contributed by atoms with Gasteiger partial charge in [0.2, 0.25) is 0 Å². The van der Waals surface area contributed by atoms with Gasteiger partial charge in [-0.25, -0.2) is 9.59 Å². The molecule has 0 aliphatic carbocycles. The van der Waals surface area contributed by atoms with E-state index in [0.29, 0.717) is 22.8 Å². The minimum Gasteiger partial charge on any atom is -0.478 e. The molecule has 4 N–H and O–H groups in total. The Labute approximate surface area is 246 Å². The van der Waals surface area contributed by atoms with E-state index in [2.05, 4.69) is 41.5 Å². The van der Waals surface area contributed by atoms with Crippen molar-refractivity contribution in [3.63, 3.8) is 0 Å². The molecule has 0 unspecified atom stereocenters. The molecule has 6 heteroatoms. The number of benzene rings is 2.